The Bertz CT molecular complexity index is 470. The molecule has 0 unspecified atom stereocenters. The molecule has 0 atom stereocenters. The molecule has 4 nitrogen and oxygen atoms in total. The van der Waals surface area contributed by atoms with Crippen molar-refractivity contribution in [2.24, 2.45) is 0 Å². The van der Waals surface area contributed by atoms with E-state index in [2.05, 4.69) is 10.1 Å². The van der Waals surface area contributed by atoms with Crippen molar-refractivity contribution < 1.29 is 0 Å². The fourth-order valence-corrected chi connectivity index (χ4v) is 1.39. The minimum absolute atomic E-state index is 0.514. The largest absolute Gasteiger partial charge is 0.382 e. The van der Waals surface area contributed by atoms with Gasteiger partial charge in [0.25, 0.3) is 0 Å². The highest BCUT2D eigenvalue weighted by atomic mass is 15.3. The van der Waals surface area contributed by atoms with Gasteiger partial charge in [-0.2, -0.15) is 0 Å². The van der Waals surface area contributed by atoms with Crippen LogP contribution >= 0.6 is 0 Å². The molecule has 2 aromatic rings. The first kappa shape index (κ1) is 8.04. The molecule has 2 rings (SSSR count). The molecule has 0 aliphatic carbocycles. The number of hydrogen-bond donors (Lipinski definition) is 1. The van der Waals surface area contributed by atoms with Crippen LogP contribution in [-0.2, 0) is 0 Å². The lowest BCUT2D eigenvalue weighted by atomic mass is 10.2. The van der Waals surface area contributed by atoms with E-state index >= 15 is 0 Å². The molecule has 2 aromatic heterocycles. The zero-order valence-electron chi connectivity index (χ0n) is 8.00. The van der Waals surface area contributed by atoms with Crippen molar-refractivity contribution >= 4 is 11.5 Å². The highest BCUT2D eigenvalue weighted by Gasteiger charge is 2.06. The van der Waals surface area contributed by atoms with Gasteiger partial charge in [-0.05, 0) is 26.3 Å². The molecular formula is C9H12N4. The van der Waals surface area contributed by atoms with Crippen LogP contribution in [0.3, 0.4) is 0 Å². The Hall–Kier alpha value is -1.58. The molecule has 13 heavy (non-hydrogen) atoms. The maximum absolute atomic E-state index is 5.59. The van der Waals surface area contributed by atoms with Gasteiger partial charge in [0.15, 0.2) is 5.65 Å². The van der Waals surface area contributed by atoms with E-state index in [9.17, 15) is 0 Å². The third-order valence-electron chi connectivity index (χ3n) is 2.39. The molecule has 2 N–H and O–H groups in total. The molecule has 0 saturated carbocycles. The van der Waals surface area contributed by atoms with Crippen LogP contribution in [0.15, 0.2) is 6.07 Å². The first-order valence-electron chi connectivity index (χ1n) is 4.18. The molecule has 68 valence electrons. The van der Waals surface area contributed by atoms with Gasteiger partial charge in [-0.3, -0.25) is 0 Å². The van der Waals surface area contributed by atoms with Crippen molar-refractivity contribution in [3.05, 3.63) is 23.0 Å². The summed E-state index contributed by atoms with van der Waals surface area (Å²) >= 11 is 0. The van der Waals surface area contributed by atoms with E-state index in [1.54, 1.807) is 10.6 Å². The Balaban J connectivity index is 2.92. The van der Waals surface area contributed by atoms with Gasteiger partial charge >= 0.3 is 0 Å². The van der Waals surface area contributed by atoms with Crippen LogP contribution in [0.4, 0.5) is 5.82 Å². The van der Waals surface area contributed by atoms with Crippen LogP contribution in [0, 0.1) is 20.8 Å². The molecule has 0 aliphatic rings. The van der Waals surface area contributed by atoms with Crippen LogP contribution < -0.4 is 5.73 Å². The molecule has 0 radical (unpaired) electrons. The number of aryl methyl sites for hydroxylation is 2. The zero-order valence-corrected chi connectivity index (χ0v) is 8.00. The first-order chi connectivity index (χ1) is 6.09. The number of rotatable bonds is 0. The van der Waals surface area contributed by atoms with Gasteiger partial charge in [0.2, 0.25) is 0 Å². The summed E-state index contributed by atoms with van der Waals surface area (Å²) in [6, 6.07) is 1.78. The van der Waals surface area contributed by atoms with E-state index in [0.717, 1.165) is 22.6 Å². The molecule has 4 heteroatoms. The Morgan fingerprint density at radius 3 is 2.69 bits per heavy atom. The van der Waals surface area contributed by atoms with E-state index in [0.29, 0.717) is 5.82 Å². The second-order valence-corrected chi connectivity index (χ2v) is 3.25. The molecule has 0 aromatic carbocycles. The maximum atomic E-state index is 5.59. The number of fused-ring (bicyclic) bond motifs is 1. The van der Waals surface area contributed by atoms with Gasteiger partial charge < -0.3 is 5.73 Å². The lowest BCUT2D eigenvalue weighted by molar-refractivity contribution is 0.874. The Morgan fingerprint density at radius 2 is 2.00 bits per heavy atom. The monoisotopic (exact) mass is 176 g/mol. The van der Waals surface area contributed by atoms with Crippen LogP contribution in [0.5, 0.6) is 0 Å². The summed E-state index contributed by atoms with van der Waals surface area (Å²) in [6.45, 7) is 6.05. The number of aromatic nitrogens is 3. The molecule has 0 amide bonds. The summed E-state index contributed by atoms with van der Waals surface area (Å²) in [6.07, 6.45) is 0. The van der Waals surface area contributed by atoms with Crippen molar-refractivity contribution in [3.63, 3.8) is 0 Å². The zero-order chi connectivity index (χ0) is 9.59. The van der Waals surface area contributed by atoms with E-state index in [1.807, 2.05) is 20.8 Å². The van der Waals surface area contributed by atoms with E-state index < -0.39 is 0 Å². The highest BCUT2D eigenvalue weighted by Crippen LogP contribution is 2.14. The van der Waals surface area contributed by atoms with Gasteiger partial charge in [0.05, 0.1) is 0 Å². The van der Waals surface area contributed by atoms with Gasteiger partial charge in [0, 0.05) is 17.5 Å². The molecule has 2 heterocycles. The molecule has 0 saturated heterocycles. The number of nitrogens with zero attached hydrogens (tertiary/aromatic N) is 3. The van der Waals surface area contributed by atoms with Crippen molar-refractivity contribution in [2.45, 2.75) is 20.8 Å². The Kier molecular flexibility index (Phi) is 1.52. The topological polar surface area (TPSA) is 56.2 Å². The van der Waals surface area contributed by atoms with Gasteiger partial charge in [-0.25, -0.2) is 9.50 Å². The lowest BCUT2D eigenvalue weighted by Gasteiger charge is -2.05. The average molecular weight is 176 g/mol. The van der Waals surface area contributed by atoms with Crippen molar-refractivity contribution in [1.82, 2.24) is 14.6 Å². The SMILES string of the molecule is Cc1nc2cc(N)nn2c(C)c1C. The van der Waals surface area contributed by atoms with E-state index in [1.165, 1.54) is 0 Å². The molecule has 0 bridgehead atoms. The maximum Gasteiger partial charge on any atom is 0.157 e. The first-order valence-corrected chi connectivity index (χ1v) is 4.18. The lowest BCUT2D eigenvalue weighted by Crippen LogP contribution is -2.01. The Morgan fingerprint density at radius 1 is 1.31 bits per heavy atom. The molecule has 0 aliphatic heterocycles. The summed E-state index contributed by atoms with van der Waals surface area (Å²) in [5.41, 5.74) is 9.70. The van der Waals surface area contributed by atoms with Crippen LogP contribution in [-0.4, -0.2) is 14.6 Å². The predicted octanol–water partition coefficient (Wildman–Crippen LogP) is 1.24. The second-order valence-electron chi connectivity index (χ2n) is 3.25. The summed E-state index contributed by atoms with van der Waals surface area (Å²) in [5, 5.41) is 4.15. The summed E-state index contributed by atoms with van der Waals surface area (Å²) < 4.78 is 1.78. The number of anilines is 1. The highest BCUT2D eigenvalue weighted by molar-refractivity contribution is 5.50. The number of hydrogen-bond acceptors (Lipinski definition) is 3. The molecule has 0 fully saturated rings. The van der Waals surface area contributed by atoms with Crippen molar-refractivity contribution in [1.29, 1.82) is 0 Å². The van der Waals surface area contributed by atoms with Crippen molar-refractivity contribution in [2.75, 3.05) is 5.73 Å². The van der Waals surface area contributed by atoms with Crippen LogP contribution in [0.1, 0.15) is 17.0 Å². The quantitative estimate of drug-likeness (QED) is 0.657. The predicted molar refractivity (Wildman–Crippen MR) is 51.6 cm³/mol. The fourth-order valence-electron chi connectivity index (χ4n) is 1.39. The third-order valence-corrected chi connectivity index (χ3v) is 2.39. The summed E-state index contributed by atoms with van der Waals surface area (Å²) in [5.74, 6) is 0.514. The van der Waals surface area contributed by atoms with Gasteiger partial charge in [-0.1, -0.05) is 0 Å². The van der Waals surface area contributed by atoms with Gasteiger partial charge in [-0.15, -0.1) is 5.10 Å². The molecular weight excluding hydrogens is 164 g/mol. The summed E-state index contributed by atoms with van der Waals surface area (Å²) in [7, 11) is 0. The Labute approximate surface area is 76.4 Å². The minimum Gasteiger partial charge on any atom is -0.382 e. The van der Waals surface area contributed by atoms with Crippen molar-refractivity contribution in [3.8, 4) is 0 Å². The minimum atomic E-state index is 0.514. The average Bonchev–Trinajstić information content (AvgIpc) is 2.42. The fraction of sp³-hybridized carbons (Fsp3) is 0.333. The number of nitrogens with two attached hydrogens (primary N) is 1. The van der Waals surface area contributed by atoms with E-state index in [-0.39, 0.29) is 0 Å². The molecule has 0 spiro atoms. The van der Waals surface area contributed by atoms with E-state index in [4.69, 9.17) is 5.73 Å². The second kappa shape index (κ2) is 2.45. The van der Waals surface area contributed by atoms with Gasteiger partial charge in [0.1, 0.15) is 5.82 Å². The summed E-state index contributed by atoms with van der Waals surface area (Å²) in [4.78, 5) is 4.38. The van der Waals surface area contributed by atoms with Crippen LogP contribution in [0.25, 0.3) is 5.65 Å². The third kappa shape index (κ3) is 1.06. The number of nitrogen functional groups attached to an aromatic ring is 1. The normalized spacial score (nSPS) is 11.0. The van der Waals surface area contributed by atoms with Crippen LogP contribution in [0.2, 0.25) is 0 Å². The standard InChI is InChI=1S/C9H12N4/c1-5-6(2)11-9-4-8(10)12-13(9)7(5)3/h4H,1-3H3,(H2,10,12). The smallest absolute Gasteiger partial charge is 0.157 e.